The SMILES string of the molecule is Cl.N[C@@H](Cc1ccc(N(CCCl)CCCl)cc1)C(=O)N[C@@H](Cc1ccc(F)cc1)C(=O)O. The number of amides is 1. The number of alkyl halides is 2. The number of anilines is 1. The lowest BCUT2D eigenvalue weighted by Crippen LogP contribution is -2.50. The molecule has 0 saturated carbocycles. The smallest absolute Gasteiger partial charge is 0.326 e. The van der Waals surface area contributed by atoms with Gasteiger partial charge in [-0.3, -0.25) is 4.79 Å². The average Bonchev–Trinajstić information content (AvgIpc) is 2.75. The highest BCUT2D eigenvalue weighted by atomic mass is 35.5. The standard InChI is InChI=1S/C22H26Cl2FN3O3.ClH/c23-9-11-28(12-10-24)18-7-3-15(4-8-18)13-19(26)21(29)27-20(22(30)31)14-16-1-5-17(25)6-2-16;/h1-8,19-20H,9-14,26H2,(H,27,29)(H,30,31);1H/t19-,20-;/m0./s1. The quantitative estimate of drug-likeness (QED) is 0.384. The fourth-order valence-electron chi connectivity index (χ4n) is 3.10. The lowest BCUT2D eigenvalue weighted by atomic mass is 10.0. The lowest BCUT2D eigenvalue weighted by molar-refractivity contribution is -0.141. The first kappa shape index (κ1) is 28.0. The van der Waals surface area contributed by atoms with Crippen LogP contribution in [0.3, 0.4) is 0 Å². The van der Waals surface area contributed by atoms with Crippen molar-refractivity contribution in [3.8, 4) is 0 Å². The fourth-order valence-corrected chi connectivity index (χ4v) is 3.51. The van der Waals surface area contributed by atoms with Crippen LogP contribution < -0.4 is 16.0 Å². The van der Waals surface area contributed by atoms with Crippen molar-refractivity contribution in [2.75, 3.05) is 29.7 Å². The number of carbonyl (C=O) groups is 2. The van der Waals surface area contributed by atoms with Gasteiger partial charge in [-0.1, -0.05) is 24.3 Å². The molecule has 0 aliphatic carbocycles. The maximum atomic E-state index is 13.0. The summed E-state index contributed by atoms with van der Waals surface area (Å²) in [5.74, 6) is -1.21. The van der Waals surface area contributed by atoms with E-state index in [1.165, 1.54) is 24.3 Å². The Labute approximate surface area is 203 Å². The Bertz CT molecular complexity index is 848. The molecular weight excluding hydrogens is 480 g/mol. The maximum Gasteiger partial charge on any atom is 0.326 e. The normalized spacial score (nSPS) is 12.4. The number of hydrogen-bond acceptors (Lipinski definition) is 4. The Morgan fingerprint density at radius 3 is 1.97 bits per heavy atom. The number of aliphatic carboxylic acids is 1. The number of carboxylic acids is 1. The van der Waals surface area contributed by atoms with Crippen LogP contribution in [0.25, 0.3) is 0 Å². The first-order valence-corrected chi connectivity index (χ1v) is 10.9. The van der Waals surface area contributed by atoms with Crippen molar-refractivity contribution in [2.24, 2.45) is 5.73 Å². The van der Waals surface area contributed by atoms with Crippen LogP contribution >= 0.6 is 35.6 Å². The van der Waals surface area contributed by atoms with Crippen molar-refractivity contribution in [3.05, 3.63) is 65.5 Å². The van der Waals surface area contributed by atoms with Crippen LogP contribution in [0.15, 0.2) is 48.5 Å². The molecule has 0 bridgehead atoms. The number of hydrogen-bond donors (Lipinski definition) is 3. The summed E-state index contributed by atoms with van der Waals surface area (Å²) >= 11 is 11.7. The minimum atomic E-state index is -1.19. The highest BCUT2D eigenvalue weighted by Crippen LogP contribution is 2.16. The Hall–Kier alpha value is -2.06. The van der Waals surface area contributed by atoms with Crippen molar-refractivity contribution in [1.82, 2.24) is 5.32 Å². The van der Waals surface area contributed by atoms with Gasteiger partial charge in [-0.05, 0) is 41.8 Å². The molecule has 0 fully saturated rings. The van der Waals surface area contributed by atoms with E-state index in [-0.39, 0.29) is 25.2 Å². The van der Waals surface area contributed by atoms with Gasteiger partial charge in [0.2, 0.25) is 5.91 Å². The minimum Gasteiger partial charge on any atom is -0.480 e. The summed E-state index contributed by atoms with van der Waals surface area (Å²) in [6.45, 7) is 1.33. The summed E-state index contributed by atoms with van der Waals surface area (Å²) in [6, 6.07) is 10.9. The van der Waals surface area contributed by atoms with Gasteiger partial charge < -0.3 is 21.1 Å². The number of nitrogens with zero attached hydrogens (tertiary/aromatic N) is 1. The van der Waals surface area contributed by atoms with Gasteiger partial charge in [0.05, 0.1) is 6.04 Å². The third kappa shape index (κ3) is 8.82. The van der Waals surface area contributed by atoms with Crippen LogP contribution in [0.4, 0.5) is 10.1 Å². The maximum absolute atomic E-state index is 13.0. The van der Waals surface area contributed by atoms with Crippen LogP contribution in [-0.4, -0.2) is 53.9 Å². The number of carbonyl (C=O) groups excluding carboxylic acids is 1. The second kappa shape index (κ2) is 14.2. The Kier molecular flexibility index (Phi) is 12.4. The molecule has 0 heterocycles. The molecule has 2 rings (SSSR count). The highest BCUT2D eigenvalue weighted by Gasteiger charge is 2.24. The van der Waals surface area contributed by atoms with Crippen molar-refractivity contribution in [3.63, 3.8) is 0 Å². The minimum absolute atomic E-state index is 0. The van der Waals surface area contributed by atoms with E-state index < -0.39 is 29.8 Å². The van der Waals surface area contributed by atoms with E-state index in [1.807, 2.05) is 24.3 Å². The first-order chi connectivity index (χ1) is 14.8. The van der Waals surface area contributed by atoms with Gasteiger partial charge in [0.25, 0.3) is 0 Å². The highest BCUT2D eigenvalue weighted by molar-refractivity contribution is 6.18. The van der Waals surface area contributed by atoms with Crippen molar-refractivity contribution in [2.45, 2.75) is 24.9 Å². The lowest BCUT2D eigenvalue weighted by Gasteiger charge is -2.23. The number of carboxylic acid groups (broad SMARTS) is 1. The predicted octanol–water partition coefficient (Wildman–Crippen LogP) is 3.21. The van der Waals surface area contributed by atoms with Crippen molar-refractivity contribution >= 4 is 53.2 Å². The van der Waals surface area contributed by atoms with Crippen LogP contribution in [-0.2, 0) is 22.4 Å². The number of halogens is 4. The zero-order chi connectivity index (χ0) is 22.8. The molecule has 0 aliphatic rings. The molecule has 0 saturated heterocycles. The number of nitrogens with two attached hydrogens (primary N) is 1. The number of rotatable bonds is 12. The van der Waals surface area contributed by atoms with E-state index in [4.69, 9.17) is 28.9 Å². The van der Waals surface area contributed by atoms with Gasteiger partial charge in [-0.15, -0.1) is 35.6 Å². The molecule has 4 N–H and O–H groups in total. The topological polar surface area (TPSA) is 95.7 Å². The van der Waals surface area contributed by atoms with Gasteiger partial charge >= 0.3 is 5.97 Å². The molecule has 10 heteroatoms. The predicted molar refractivity (Wildman–Crippen MR) is 129 cm³/mol. The van der Waals surface area contributed by atoms with Gasteiger partial charge in [0.15, 0.2) is 0 Å². The number of nitrogens with one attached hydrogen (secondary N) is 1. The molecule has 32 heavy (non-hydrogen) atoms. The van der Waals surface area contributed by atoms with Crippen LogP contribution in [0.1, 0.15) is 11.1 Å². The molecule has 0 radical (unpaired) electrons. The summed E-state index contributed by atoms with van der Waals surface area (Å²) in [4.78, 5) is 26.1. The summed E-state index contributed by atoms with van der Waals surface area (Å²) in [5.41, 5.74) is 8.41. The van der Waals surface area contributed by atoms with Crippen LogP contribution in [0.5, 0.6) is 0 Å². The van der Waals surface area contributed by atoms with E-state index in [0.717, 1.165) is 11.3 Å². The molecule has 176 valence electrons. The van der Waals surface area contributed by atoms with E-state index in [1.54, 1.807) is 0 Å². The molecule has 2 aromatic rings. The molecule has 1 amide bonds. The van der Waals surface area contributed by atoms with Gasteiger partial charge in [0.1, 0.15) is 11.9 Å². The van der Waals surface area contributed by atoms with Crippen molar-refractivity contribution < 1.29 is 19.1 Å². The van der Waals surface area contributed by atoms with E-state index in [0.29, 0.717) is 30.4 Å². The van der Waals surface area contributed by atoms with Gasteiger partial charge in [0, 0.05) is 37.0 Å². The third-order valence-electron chi connectivity index (χ3n) is 4.77. The summed E-state index contributed by atoms with van der Waals surface area (Å²) in [5, 5.41) is 11.9. The van der Waals surface area contributed by atoms with Gasteiger partial charge in [-0.2, -0.15) is 0 Å². The molecule has 2 atom stereocenters. The Morgan fingerprint density at radius 2 is 1.47 bits per heavy atom. The largest absolute Gasteiger partial charge is 0.480 e. The van der Waals surface area contributed by atoms with Crippen LogP contribution in [0.2, 0.25) is 0 Å². The van der Waals surface area contributed by atoms with Crippen LogP contribution in [0, 0.1) is 5.82 Å². The second-order valence-electron chi connectivity index (χ2n) is 7.07. The summed E-state index contributed by atoms with van der Waals surface area (Å²) in [6.07, 6.45) is 0.278. The zero-order valence-electron chi connectivity index (χ0n) is 17.3. The van der Waals surface area contributed by atoms with Crippen molar-refractivity contribution in [1.29, 1.82) is 0 Å². The molecule has 0 unspecified atom stereocenters. The molecule has 0 spiro atoms. The fraction of sp³-hybridized carbons (Fsp3) is 0.364. The zero-order valence-corrected chi connectivity index (χ0v) is 19.7. The van der Waals surface area contributed by atoms with E-state index >= 15 is 0 Å². The van der Waals surface area contributed by atoms with Gasteiger partial charge in [-0.25, -0.2) is 9.18 Å². The number of benzene rings is 2. The Morgan fingerprint density at radius 1 is 0.969 bits per heavy atom. The summed E-state index contributed by atoms with van der Waals surface area (Å²) in [7, 11) is 0. The molecule has 0 aliphatic heterocycles. The third-order valence-corrected chi connectivity index (χ3v) is 5.11. The average molecular weight is 507 g/mol. The van der Waals surface area contributed by atoms with E-state index in [9.17, 15) is 19.1 Å². The monoisotopic (exact) mass is 505 g/mol. The van der Waals surface area contributed by atoms with E-state index in [2.05, 4.69) is 10.2 Å². The molecule has 6 nitrogen and oxygen atoms in total. The molecule has 2 aromatic carbocycles. The Balaban J connectivity index is 0.00000512. The first-order valence-electron chi connectivity index (χ1n) is 9.83. The second-order valence-corrected chi connectivity index (χ2v) is 7.83. The molecular formula is C22H27Cl3FN3O3. The summed E-state index contributed by atoms with van der Waals surface area (Å²) < 4.78 is 13.0. The molecule has 0 aromatic heterocycles.